The Hall–Kier alpha value is -0.120. The molecule has 0 aromatic carbocycles. The summed E-state index contributed by atoms with van der Waals surface area (Å²) in [4.78, 5) is 5.29. The normalized spacial score (nSPS) is 34.5. The lowest BCUT2D eigenvalue weighted by molar-refractivity contribution is 0.0497. The molecule has 18 heavy (non-hydrogen) atoms. The molecule has 0 radical (unpaired) electrons. The van der Waals surface area contributed by atoms with E-state index in [9.17, 15) is 0 Å². The van der Waals surface area contributed by atoms with E-state index >= 15 is 0 Å². The average Bonchev–Trinajstić information content (AvgIpc) is 2.88. The Labute approximate surface area is 113 Å². The molecule has 2 saturated heterocycles. The fourth-order valence-electron chi connectivity index (χ4n) is 4.28. The molecule has 2 fully saturated rings. The standard InChI is InChI=1S/C15H31N3/c1-12(2)10-13(3)17(4)15(11-16)7-9-18-8-5-6-14(15)18/h12-14H,5-11,16H2,1-4H3. The maximum atomic E-state index is 6.23. The monoisotopic (exact) mass is 253 g/mol. The predicted octanol–water partition coefficient (Wildman–Crippen LogP) is 1.92. The topological polar surface area (TPSA) is 32.5 Å². The maximum Gasteiger partial charge on any atom is 0.0498 e. The van der Waals surface area contributed by atoms with Crippen molar-refractivity contribution in [3.63, 3.8) is 0 Å². The third-order valence-electron chi connectivity index (χ3n) is 5.35. The molecule has 2 N–H and O–H groups in total. The van der Waals surface area contributed by atoms with Crippen molar-refractivity contribution in [3.8, 4) is 0 Å². The molecule has 0 bridgehead atoms. The first-order chi connectivity index (χ1) is 8.51. The average molecular weight is 253 g/mol. The number of fused-ring (bicyclic) bond motifs is 1. The van der Waals surface area contributed by atoms with Gasteiger partial charge in [-0.15, -0.1) is 0 Å². The Morgan fingerprint density at radius 2 is 2.06 bits per heavy atom. The van der Waals surface area contributed by atoms with Gasteiger partial charge in [0.25, 0.3) is 0 Å². The zero-order valence-electron chi connectivity index (χ0n) is 12.7. The Kier molecular flexibility index (Phi) is 4.35. The number of hydrogen-bond donors (Lipinski definition) is 1. The van der Waals surface area contributed by atoms with Crippen molar-refractivity contribution in [2.75, 3.05) is 26.7 Å². The zero-order chi connectivity index (χ0) is 13.3. The van der Waals surface area contributed by atoms with Crippen LogP contribution in [0.25, 0.3) is 0 Å². The molecule has 0 aromatic heterocycles. The van der Waals surface area contributed by atoms with E-state index in [0.717, 1.165) is 12.5 Å². The molecule has 0 aliphatic carbocycles. The number of hydrogen-bond acceptors (Lipinski definition) is 3. The minimum absolute atomic E-state index is 0.241. The first-order valence-electron chi connectivity index (χ1n) is 7.68. The molecule has 3 heteroatoms. The first kappa shape index (κ1) is 14.3. The summed E-state index contributed by atoms with van der Waals surface area (Å²) in [6.45, 7) is 10.4. The maximum absolute atomic E-state index is 6.23. The lowest BCUT2D eigenvalue weighted by Crippen LogP contribution is -2.61. The number of nitrogens with zero attached hydrogens (tertiary/aromatic N) is 2. The van der Waals surface area contributed by atoms with Crippen LogP contribution in [0.4, 0.5) is 0 Å². The highest BCUT2D eigenvalue weighted by molar-refractivity contribution is 5.09. The summed E-state index contributed by atoms with van der Waals surface area (Å²) in [5, 5.41) is 0. The third kappa shape index (κ3) is 2.33. The van der Waals surface area contributed by atoms with E-state index in [1.54, 1.807) is 0 Å². The highest BCUT2D eigenvalue weighted by Crippen LogP contribution is 2.40. The minimum atomic E-state index is 0.241. The van der Waals surface area contributed by atoms with Gasteiger partial charge in [-0.3, -0.25) is 9.80 Å². The zero-order valence-corrected chi connectivity index (χ0v) is 12.7. The molecule has 3 atom stereocenters. The number of rotatable bonds is 5. The van der Waals surface area contributed by atoms with Gasteiger partial charge < -0.3 is 5.73 Å². The van der Waals surface area contributed by atoms with Crippen LogP contribution in [-0.2, 0) is 0 Å². The molecule has 0 aromatic rings. The molecule has 2 heterocycles. The fraction of sp³-hybridized carbons (Fsp3) is 1.00. The Balaban J connectivity index is 2.11. The van der Waals surface area contributed by atoms with E-state index in [-0.39, 0.29) is 5.54 Å². The predicted molar refractivity (Wildman–Crippen MR) is 77.7 cm³/mol. The molecule has 0 spiro atoms. The fourth-order valence-corrected chi connectivity index (χ4v) is 4.28. The van der Waals surface area contributed by atoms with Gasteiger partial charge in [0, 0.05) is 30.7 Å². The minimum Gasteiger partial charge on any atom is -0.329 e. The van der Waals surface area contributed by atoms with Crippen LogP contribution in [-0.4, -0.2) is 54.1 Å². The largest absolute Gasteiger partial charge is 0.329 e. The van der Waals surface area contributed by atoms with Gasteiger partial charge in [-0.05, 0) is 52.1 Å². The van der Waals surface area contributed by atoms with Crippen LogP contribution in [0.3, 0.4) is 0 Å². The van der Waals surface area contributed by atoms with Crippen LogP contribution in [0.5, 0.6) is 0 Å². The van der Waals surface area contributed by atoms with Gasteiger partial charge in [-0.2, -0.15) is 0 Å². The van der Waals surface area contributed by atoms with Crippen LogP contribution in [0.1, 0.15) is 46.5 Å². The Bertz CT molecular complexity index is 279. The molecule has 3 nitrogen and oxygen atoms in total. The van der Waals surface area contributed by atoms with Crippen molar-refractivity contribution >= 4 is 0 Å². The van der Waals surface area contributed by atoms with Crippen molar-refractivity contribution in [2.45, 2.75) is 64.1 Å². The van der Waals surface area contributed by atoms with Crippen molar-refractivity contribution < 1.29 is 0 Å². The van der Waals surface area contributed by atoms with E-state index in [1.807, 2.05) is 0 Å². The van der Waals surface area contributed by atoms with Crippen LogP contribution in [0.15, 0.2) is 0 Å². The molecule has 2 aliphatic heterocycles. The van der Waals surface area contributed by atoms with E-state index in [0.29, 0.717) is 12.1 Å². The molecular formula is C15H31N3. The molecule has 106 valence electrons. The number of likely N-dealkylation sites (N-methyl/N-ethyl adjacent to an activating group) is 1. The van der Waals surface area contributed by atoms with Gasteiger partial charge >= 0.3 is 0 Å². The molecule has 0 saturated carbocycles. The third-order valence-corrected chi connectivity index (χ3v) is 5.35. The summed E-state index contributed by atoms with van der Waals surface area (Å²) >= 11 is 0. The summed E-state index contributed by atoms with van der Waals surface area (Å²) in [6.07, 6.45) is 5.23. The van der Waals surface area contributed by atoms with Gasteiger partial charge in [-0.1, -0.05) is 13.8 Å². The van der Waals surface area contributed by atoms with Crippen LogP contribution >= 0.6 is 0 Å². The number of nitrogens with two attached hydrogens (primary N) is 1. The Morgan fingerprint density at radius 3 is 2.67 bits per heavy atom. The van der Waals surface area contributed by atoms with E-state index in [2.05, 4.69) is 37.6 Å². The van der Waals surface area contributed by atoms with E-state index < -0.39 is 0 Å². The van der Waals surface area contributed by atoms with Crippen LogP contribution < -0.4 is 5.73 Å². The highest BCUT2D eigenvalue weighted by Gasteiger charge is 2.51. The van der Waals surface area contributed by atoms with Crippen molar-refractivity contribution in [2.24, 2.45) is 11.7 Å². The van der Waals surface area contributed by atoms with Crippen molar-refractivity contribution in [1.29, 1.82) is 0 Å². The highest BCUT2D eigenvalue weighted by atomic mass is 15.3. The second kappa shape index (κ2) is 5.48. The SMILES string of the molecule is CC(C)CC(C)N(C)C1(CN)CCN2CCCC21. The smallest absolute Gasteiger partial charge is 0.0498 e. The summed E-state index contributed by atoms with van der Waals surface area (Å²) in [6, 6.07) is 1.34. The van der Waals surface area contributed by atoms with Gasteiger partial charge in [0.2, 0.25) is 0 Å². The van der Waals surface area contributed by atoms with Gasteiger partial charge in [0.1, 0.15) is 0 Å². The second-order valence-corrected chi connectivity index (χ2v) is 6.84. The lowest BCUT2D eigenvalue weighted by Gasteiger charge is -2.46. The van der Waals surface area contributed by atoms with Crippen LogP contribution in [0.2, 0.25) is 0 Å². The Morgan fingerprint density at radius 1 is 1.33 bits per heavy atom. The summed E-state index contributed by atoms with van der Waals surface area (Å²) in [5.74, 6) is 0.762. The summed E-state index contributed by atoms with van der Waals surface area (Å²) in [5.41, 5.74) is 6.47. The van der Waals surface area contributed by atoms with Crippen molar-refractivity contribution in [3.05, 3.63) is 0 Å². The molecule has 2 rings (SSSR count). The van der Waals surface area contributed by atoms with E-state index in [1.165, 1.54) is 38.8 Å². The molecule has 0 amide bonds. The summed E-state index contributed by atoms with van der Waals surface area (Å²) in [7, 11) is 2.31. The van der Waals surface area contributed by atoms with Gasteiger partial charge in [0.05, 0.1) is 0 Å². The lowest BCUT2D eigenvalue weighted by atomic mass is 9.85. The van der Waals surface area contributed by atoms with Gasteiger partial charge in [-0.25, -0.2) is 0 Å². The van der Waals surface area contributed by atoms with Crippen molar-refractivity contribution in [1.82, 2.24) is 9.80 Å². The summed E-state index contributed by atoms with van der Waals surface area (Å²) < 4.78 is 0. The van der Waals surface area contributed by atoms with Crippen LogP contribution in [0, 0.1) is 5.92 Å². The molecule has 3 unspecified atom stereocenters. The van der Waals surface area contributed by atoms with Gasteiger partial charge in [0.15, 0.2) is 0 Å². The second-order valence-electron chi connectivity index (χ2n) is 6.84. The first-order valence-corrected chi connectivity index (χ1v) is 7.68. The van der Waals surface area contributed by atoms with E-state index in [4.69, 9.17) is 5.73 Å². The quantitative estimate of drug-likeness (QED) is 0.812. The molecule has 2 aliphatic rings. The molecular weight excluding hydrogens is 222 g/mol.